The molecule has 1 heterocycles. The van der Waals surface area contributed by atoms with Gasteiger partial charge in [0.15, 0.2) is 0 Å². The number of nitrogens with zero attached hydrogens (tertiary/aromatic N) is 3. The van der Waals surface area contributed by atoms with Crippen molar-refractivity contribution >= 4 is 5.70 Å². The first kappa shape index (κ1) is 8.46. The predicted molar refractivity (Wildman–Crippen MR) is 49.3 cm³/mol. The van der Waals surface area contributed by atoms with Crippen molar-refractivity contribution in [2.45, 2.75) is 6.92 Å². The molecule has 0 aromatic carbocycles. The van der Waals surface area contributed by atoms with Gasteiger partial charge in [-0.3, -0.25) is 0 Å². The van der Waals surface area contributed by atoms with Crippen molar-refractivity contribution in [1.29, 1.82) is 0 Å². The summed E-state index contributed by atoms with van der Waals surface area (Å²) in [7, 11) is 0. The van der Waals surface area contributed by atoms with Gasteiger partial charge in [0.05, 0.1) is 18.1 Å². The van der Waals surface area contributed by atoms with Crippen LogP contribution in [0.3, 0.4) is 0 Å². The van der Waals surface area contributed by atoms with E-state index in [1.807, 2.05) is 13.0 Å². The lowest BCUT2D eigenvalue weighted by Gasteiger charge is -2.02. The second-order valence-corrected chi connectivity index (χ2v) is 2.39. The molecule has 0 aliphatic rings. The Kier molecular flexibility index (Phi) is 2.58. The van der Waals surface area contributed by atoms with Crippen LogP contribution in [0.5, 0.6) is 0 Å². The summed E-state index contributed by atoms with van der Waals surface area (Å²) in [6, 6.07) is 0. The Morgan fingerprint density at radius 3 is 2.42 bits per heavy atom. The molecule has 1 aromatic heterocycles. The Bertz CT molecular complexity index is 307. The summed E-state index contributed by atoms with van der Waals surface area (Å²) in [5.41, 5.74) is 1.76. The fourth-order valence-corrected chi connectivity index (χ4v) is 0.831. The molecule has 0 bridgehead atoms. The summed E-state index contributed by atoms with van der Waals surface area (Å²) in [4.78, 5) is 1.52. The molecule has 0 radical (unpaired) electrons. The van der Waals surface area contributed by atoms with Gasteiger partial charge in [0, 0.05) is 0 Å². The molecular formula is C9H11N3. The third-order valence-electron chi connectivity index (χ3n) is 1.35. The molecule has 62 valence electrons. The summed E-state index contributed by atoms with van der Waals surface area (Å²) in [5.74, 6) is 0. The topological polar surface area (TPSA) is 30.7 Å². The Morgan fingerprint density at radius 1 is 1.42 bits per heavy atom. The smallest absolute Gasteiger partial charge is 0.0879 e. The first-order valence-electron chi connectivity index (χ1n) is 3.61. The first-order valence-corrected chi connectivity index (χ1v) is 3.61. The van der Waals surface area contributed by atoms with Crippen LogP contribution in [-0.2, 0) is 0 Å². The summed E-state index contributed by atoms with van der Waals surface area (Å²) in [6.07, 6.45) is 6.76. The lowest BCUT2D eigenvalue weighted by Crippen LogP contribution is -2.01. The van der Waals surface area contributed by atoms with Gasteiger partial charge in [0.25, 0.3) is 0 Å². The molecule has 0 spiro atoms. The van der Waals surface area contributed by atoms with Crippen molar-refractivity contribution in [2.24, 2.45) is 0 Å². The molecule has 0 fully saturated rings. The zero-order valence-corrected chi connectivity index (χ0v) is 7.07. The van der Waals surface area contributed by atoms with Crippen LogP contribution < -0.4 is 0 Å². The SMILES string of the molecule is C=C/C=C(\C(=C)C)n1nccn1. The second-order valence-electron chi connectivity index (χ2n) is 2.39. The molecule has 3 heteroatoms. The highest BCUT2D eigenvalue weighted by atomic mass is 15.5. The largest absolute Gasteiger partial charge is 0.157 e. The number of rotatable bonds is 3. The first-order chi connectivity index (χ1) is 5.75. The van der Waals surface area contributed by atoms with E-state index in [-0.39, 0.29) is 0 Å². The molecular weight excluding hydrogens is 150 g/mol. The normalized spacial score (nSPS) is 11.2. The number of allylic oxidation sites excluding steroid dienone is 4. The highest BCUT2D eigenvalue weighted by Gasteiger charge is 1.99. The van der Waals surface area contributed by atoms with Crippen molar-refractivity contribution in [3.63, 3.8) is 0 Å². The van der Waals surface area contributed by atoms with E-state index in [1.54, 1.807) is 18.5 Å². The van der Waals surface area contributed by atoms with Crippen LogP contribution in [0.15, 0.2) is 43.3 Å². The third-order valence-corrected chi connectivity index (χ3v) is 1.35. The van der Waals surface area contributed by atoms with Gasteiger partial charge < -0.3 is 0 Å². The van der Waals surface area contributed by atoms with Gasteiger partial charge in [-0.2, -0.15) is 15.0 Å². The lowest BCUT2D eigenvalue weighted by atomic mass is 10.2. The van der Waals surface area contributed by atoms with Gasteiger partial charge in [-0.15, -0.1) is 0 Å². The van der Waals surface area contributed by atoms with E-state index >= 15 is 0 Å². The minimum Gasteiger partial charge on any atom is -0.157 e. The third kappa shape index (κ3) is 1.69. The maximum absolute atomic E-state index is 3.99. The number of aromatic nitrogens is 3. The van der Waals surface area contributed by atoms with Gasteiger partial charge >= 0.3 is 0 Å². The molecule has 1 aromatic rings. The minimum atomic E-state index is 0.856. The Morgan fingerprint density at radius 2 is 2.00 bits per heavy atom. The zero-order chi connectivity index (χ0) is 8.97. The van der Waals surface area contributed by atoms with Gasteiger partial charge in [0.2, 0.25) is 0 Å². The Balaban J connectivity index is 3.04. The highest BCUT2D eigenvalue weighted by molar-refractivity contribution is 5.62. The summed E-state index contributed by atoms with van der Waals surface area (Å²) in [5, 5.41) is 7.97. The van der Waals surface area contributed by atoms with Gasteiger partial charge in [-0.25, -0.2) is 0 Å². The minimum absolute atomic E-state index is 0.856. The molecule has 0 aliphatic heterocycles. The number of hydrogen-bond donors (Lipinski definition) is 0. The molecule has 0 amide bonds. The van der Waals surface area contributed by atoms with Crippen LogP contribution in [-0.4, -0.2) is 15.0 Å². The van der Waals surface area contributed by atoms with Crippen molar-refractivity contribution in [2.75, 3.05) is 0 Å². The van der Waals surface area contributed by atoms with Crippen molar-refractivity contribution in [3.8, 4) is 0 Å². The van der Waals surface area contributed by atoms with Gasteiger partial charge in [-0.05, 0) is 18.6 Å². The van der Waals surface area contributed by atoms with Crippen LogP contribution in [0.2, 0.25) is 0 Å². The Hall–Kier alpha value is -1.64. The quantitative estimate of drug-likeness (QED) is 0.634. The van der Waals surface area contributed by atoms with E-state index in [9.17, 15) is 0 Å². The molecule has 3 nitrogen and oxygen atoms in total. The van der Waals surface area contributed by atoms with E-state index in [4.69, 9.17) is 0 Å². The van der Waals surface area contributed by atoms with E-state index in [2.05, 4.69) is 23.4 Å². The van der Waals surface area contributed by atoms with Crippen molar-refractivity contribution in [1.82, 2.24) is 15.0 Å². The summed E-state index contributed by atoms with van der Waals surface area (Å²) < 4.78 is 0. The van der Waals surface area contributed by atoms with Crippen molar-refractivity contribution < 1.29 is 0 Å². The standard InChI is InChI=1S/C9H11N3/c1-4-5-9(8(2)3)12-10-6-7-11-12/h4-7H,1-2H2,3H3/b9-5+. The maximum Gasteiger partial charge on any atom is 0.0879 e. The molecule has 0 atom stereocenters. The lowest BCUT2D eigenvalue weighted by molar-refractivity contribution is 0.770. The van der Waals surface area contributed by atoms with Crippen molar-refractivity contribution in [3.05, 3.63) is 43.3 Å². The molecule has 12 heavy (non-hydrogen) atoms. The second kappa shape index (κ2) is 3.67. The van der Waals surface area contributed by atoms with Crippen LogP contribution in [0.25, 0.3) is 5.70 Å². The molecule has 0 saturated carbocycles. The highest BCUT2D eigenvalue weighted by Crippen LogP contribution is 2.10. The maximum atomic E-state index is 3.99. The number of hydrogen-bond acceptors (Lipinski definition) is 2. The van der Waals surface area contributed by atoms with E-state index in [0.29, 0.717) is 0 Å². The van der Waals surface area contributed by atoms with E-state index in [1.165, 1.54) is 4.80 Å². The van der Waals surface area contributed by atoms with Crippen LogP contribution in [0.4, 0.5) is 0 Å². The van der Waals surface area contributed by atoms with Crippen LogP contribution >= 0.6 is 0 Å². The molecule has 0 N–H and O–H groups in total. The average molecular weight is 161 g/mol. The molecule has 1 rings (SSSR count). The monoisotopic (exact) mass is 161 g/mol. The fourth-order valence-electron chi connectivity index (χ4n) is 0.831. The zero-order valence-electron chi connectivity index (χ0n) is 7.07. The van der Waals surface area contributed by atoms with Crippen LogP contribution in [0, 0.1) is 0 Å². The molecule has 0 unspecified atom stereocenters. The summed E-state index contributed by atoms with van der Waals surface area (Å²) in [6.45, 7) is 9.32. The Labute approximate surface area is 71.7 Å². The fraction of sp³-hybridized carbons (Fsp3) is 0.111. The van der Waals surface area contributed by atoms with E-state index in [0.717, 1.165) is 11.3 Å². The van der Waals surface area contributed by atoms with Gasteiger partial charge in [-0.1, -0.05) is 19.2 Å². The van der Waals surface area contributed by atoms with Gasteiger partial charge in [0.1, 0.15) is 0 Å². The molecule has 0 aliphatic carbocycles. The average Bonchev–Trinajstić information content (AvgIpc) is 2.51. The molecule has 0 saturated heterocycles. The van der Waals surface area contributed by atoms with Crippen LogP contribution in [0.1, 0.15) is 6.92 Å². The summed E-state index contributed by atoms with van der Waals surface area (Å²) >= 11 is 0. The van der Waals surface area contributed by atoms with E-state index < -0.39 is 0 Å². The predicted octanol–water partition coefficient (Wildman–Crippen LogP) is 1.88.